The third kappa shape index (κ3) is 2.09. The van der Waals surface area contributed by atoms with Gasteiger partial charge in [0, 0.05) is 26.3 Å². The van der Waals surface area contributed by atoms with Crippen molar-refractivity contribution in [3.8, 4) is 6.07 Å². The molecule has 4 heteroatoms. The average Bonchev–Trinajstić information content (AvgIpc) is 2.61. The number of fused-ring (bicyclic) bond motifs is 1. The Labute approximate surface area is 101 Å². The van der Waals surface area contributed by atoms with E-state index in [2.05, 4.69) is 38.7 Å². The Hall–Kier alpha value is -2.02. The molecular weight excluding hydrogens is 212 g/mol. The maximum atomic E-state index is 8.58. The Morgan fingerprint density at radius 3 is 2.94 bits per heavy atom. The third-order valence-electron chi connectivity index (χ3n) is 3.09. The molecule has 0 amide bonds. The van der Waals surface area contributed by atoms with Crippen molar-refractivity contribution >= 4 is 16.7 Å². The van der Waals surface area contributed by atoms with E-state index < -0.39 is 0 Å². The fourth-order valence-electron chi connectivity index (χ4n) is 1.89. The fourth-order valence-corrected chi connectivity index (χ4v) is 1.89. The van der Waals surface area contributed by atoms with Gasteiger partial charge in [-0.15, -0.1) is 0 Å². The van der Waals surface area contributed by atoms with E-state index in [4.69, 9.17) is 5.26 Å². The van der Waals surface area contributed by atoms with Crippen molar-refractivity contribution in [1.29, 1.82) is 5.26 Å². The maximum Gasteiger partial charge on any atom is 0.106 e. The van der Waals surface area contributed by atoms with E-state index in [1.807, 2.05) is 21.0 Å². The molecular formula is C13H16N4. The minimum absolute atomic E-state index is 0.537. The number of aryl methyl sites for hydroxylation is 2. The molecule has 0 fully saturated rings. The summed E-state index contributed by atoms with van der Waals surface area (Å²) in [5, 5.41) is 8.58. The van der Waals surface area contributed by atoms with E-state index >= 15 is 0 Å². The van der Waals surface area contributed by atoms with Gasteiger partial charge < -0.3 is 9.47 Å². The number of nitrogens with zero attached hydrogens (tertiary/aromatic N) is 4. The summed E-state index contributed by atoms with van der Waals surface area (Å²) in [6.07, 6.45) is 0.537. The molecule has 88 valence electrons. The van der Waals surface area contributed by atoms with E-state index in [9.17, 15) is 0 Å². The molecule has 0 unspecified atom stereocenters. The van der Waals surface area contributed by atoms with E-state index in [1.54, 1.807) is 0 Å². The standard InChI is InChI=1S/C13H16N4/c1-10-15-12-9-11(16(2)8-4-7-14)5-6-13(12)17(10)3/h5-6,9H,4,8H2,1-3H3. The molecule has 0 spiro atoms. The van der Waals surface area contributed by atoms with Crippen molar-refractivity contribution in [2.24, 2.45) is 7.05 Å². The Bertz CT molecular complexity index is 577. The van der Waals surface area contributed by atoms with Crippen molar-refractivity contribution < 1.29 is 0 Å². The van der Waals surface area contributed by atoms with Crippen molar-refractivity contribution in [2.75, 3.05) is 18.5 Å². The summed E-state index contributed by atoms with van der Waals surface area (Å²) < 4.78 is 2.08. The predicted octanol–water partition coefficient (Wildman–Crippen LogP) is 2.23. The number of hydrogen-bond acceptors (Lipinski definition) is 3. The van der Waals surface area contributed by atoms with Gasteiger partial charge in [0.1, 0.15) is 5.82 Å². The molecule has 0 saturated heterocycles. The molecule has 17 heavy (non-hydrogen) atoms. The first-order valence-electron chi connectivity index (χ1n) is 5.64. The third-order valence-corrected chi connectivity index (χ3v) is 3.09. The highest BCUT2D eigenvalue weighted by Gasteiger charge is 2.06. The van der Waals surface area contributed by atoms with Crippen molar-refractivity contribution in [3.05, 3.63) is 24.0 Å². The Morgan fingerprint density at radius 1 is 1.47 bits per heavy atom. The number of benzene rings is 1. The number of anilines is 1. The lowest BCUT2D eigenvalue weighted by Crippen LogP contribution is -2.17. The lowest BCUT2D eigenvalue weighted by molar-refractivity contribution is 0.885. The Kier molecular flexibility index (Phi) is 3.01. The minimum atomic E-state index is 0.537. The summed E-state index contributed by atoms with van der Waals surface area (Å²) in [6, 6.07) is 8.37. The molecule has 0 aliphatic heterocycles. The fraction of sp³-hybridized carbons (Fsp3) is 0.385. The van der Waals surface area contributed by atoms with Gasteiger partial charge in [-0.05, 0) is 25.1 Å². The van der Waals surface area contributed by atoms with Crippen LogP contribution in [0.5, 0.6) is 0 Å². The van der Waals surface area contributed by atoms with Crippen molar-refractivity contribution in [1.82, 2.24) is 9.55 Å². The number of aromatic nitrogens is 2. The molecule has 1 aromatic heterocycles. The van der Waals surface area contributed by atoms with Gasteiger partial charge in [0.25, 0.3) is 0 Å². The molecule has 4 nitrogen and oxygen atoms in total. The van der Waals surface area contributed by atoms with E-state index in [0.29, 0.717) is 6.42 Å². The molecule has 0 N–H and O–H groups in total. The summed E-state index contributed by atoms with van der Waals surface area (Å²) in [7, 11) is 4.01. The summed E-state index contributed by atoms with van der Waals surface area (Å²) in [5.41, 5.74) is 3.25. The van der Waals surface area contributed by atoms with Crippen LogP contribution in [-0.2, 0) is 7.05 Å². The second-order valence-electron chi connectivity index (χ2n) is 4.22. The van der Waals surface area contributed by atoms with Gasteiger partial charge in [-0.2, -0.15) is 5.26 Å². The molecule has 1 heterocycles. The summed E-state index contributed by atoms with van der Waals surface area (Å²) in [6.45, 7) is 2.74. The largest absolute Gasteiger partial charge is 0.373 e. The summed E-state index contributed by atoms with van der Waals surface area (Å²) in [4.78, 5) is 6.58. The van der Waals surface area contributed by atoms with Crippen LogP contribution in [0, 0.1) is 18.3 Å². The minimum Gasteiger partial charge on any atom is -0.373 e. The van der Waals surface area contributed by atoms with Crippen LogP contribution in [0.25, 0.3) is 11.0 Å². The molecule has 0 atom stereocenters. The highest BCUT2D eigenvalue weighted by atomic mass is 15.1. The number of imidazole rings is 1. The van der Waals surface area contributed by atoms with Gasteiger partial charge in [0.15, 0.2) is 0 Å². The highest BCUT2D eigenvalue weighted by molar-refractivity contribution is 5.80. The van der Waals surface area contributed by atoms with E-state index in [-0.39, 0.29) is 0 Å². The van der Waals surface area contributed by atoms with Gasteiger partial charge >= 0.3 is 0 Å². The number of nitriles is 1. The average molecular weight is 228 g/mol. The topological polar surface area (TPSA) is 44.9 Å². The van der Waals surface area contributed by atoms with Crippen LogP contribution in [0.4, 0.5) is 5.69 Å². The van der Waals surface area contributed by atoms with Crippen LogP contribution in [0.3, 0.4) is 0 Å². The van der Waals surface area contributed by atoms with Gasteiger partial charge in [0.05, 0.1) is 23.5 Å². The van der Waals surface area contributed by atoms with Crippen molar-refractivity contribution in [3.63, 3.8) is 0 Å². The summed E-state index contributed by atoms with van der Waals surface area (Å²) >= 11 is 0. The van der Waals surface area contributed by atoms with Gasteiger partial charge in [-0.3, -0.25) is 0 Å². The van der Waals surface area contributed by atoms with Crippen LogP contribution in [-0.4, -0.2) is 23.1 Å². The molecule has 0 aliphatic carbocycles. The zero-order valence-electron chi connectivity index (χ0n) is 10.4. The molecule has 2 rings (SSSR count). The molecule has 0 saturated carbocycles. The van der Waals surface area contributed by atoms with E-state index in [0.717, 1.165) is 29.1 Å². The first kappa shape index (κ1) is 11.5. The zero-order valence-corrected chi connectivity index (χ0v) is 10.4. The monoisotopic (exact) mass is 228 g/mol. The second kappa shape index (κ2) is 4.46. The first-order chi connectivity index (χ1) is 8.13. The first-order valence-corrected chi connectivity index (χ1v) is 5.64. The van der Waals surface area contributed by atoms with Crippen LogP contribution >= 0.6 is 0 Å². The van der Waals surface area contributed by atoms with Gasteiger partial charge in [0.2, 0.25) is 0 Å². The van der Waals surface area contributed by atoms with E-state index in [1.165, 1.54) is 0 Å². The molecule has 0 aliphatic rings. The van der Waals surface area contributed by atoms with Crippen molar-refractivity contribution in [2.45, 2.75) is 13.3 Å². The Morgan fingerprint density at radius 2 is 2.24 bits per heavy atom. The molecule has 1 aromatic carbocycles. The normalized spacial score (nSPS) is 10.5. The maximum absolute atomic E-state index is 8.58. The zero-order chi connectivity index (χ0) is 12.4. The molecule has 2 aromatic rings. The predicted molar refractivity (Wildman–Crippen MR) is 69.0 cm³/mol. The van der Waals surface area contributed by atoms with Crippen LogP contribution in [0.1, 0.15) is 12.2 Å². The number of rotatable bonds is 3. The van der Waals surface area contributed by atoms with Crippen LogP contribution < -0.4 is 4.90 Å². The molecule has 0 bridgehead atoms. The second-order valence-corrected chi connectivity index (χ2v) is 4.22. The Balaban J connectivity index is 2.35. The quantitative estimate of drug-likeness (QED) is 0.809. The summed E-state index contributed by atoms with van der Waals surface area (Å²) in [5.74, 6) is 1.01. The lowest BCUT2D eigenvalue weighted by Gasteiger charge is -2.17. The number of hydrogen-bond donors (Lipinski definition) is 0. The van der Waals surface area contributed by atoms with Gasteiger partial charge in [-0.25, -0.2) is 4.98 Å². The lowest BCUT2D eigenvalue weighted by atomic mass is 10.2. The van der Waals surface area contributed by atoms with Crippen LogP contribution in [0.15, 0.2) is 18.2 Å². The SMILES string of the molecule is Cc1nc2cc(N(C)CCC#N)ccc2n1C. The van der Waals surface area contributed by atoms with Crippen LogP contribution in [0.2, 0.25) is 0 Å². The highest BCUT2D eigenvalue weighted by Crippen LogP contribution is 2.21. The van der Waals surface area contributed by atoms with Gasteiger partial charge in [-0.1, -0.05) is 0 Å². The molecule has 0 radical (unpaired) electrons. The smallest absolute Gasteiger partial charge is 0.106 e.